The number of esters is 1. The van der Waals surface area contributed by atoms with Crippen molar-refractivity contribution in [1.29, 1.82) is 5.26 Å². The van der Waals surface area contributed by atoms with Gasteiger partial charge < -0.3 is 14.5 Å². The van der Waals surface area contributed by atoms with Gasteiger partial charge in [-0.25, -0.2) is 9.97 Å². The van der Waals surface area contributed by atoms with Crippen LogP contribution in [0.4, 0.5) is 11.5 Å². The third-order valence-electron chi connectivity index (χ3n) is 5.17. The molecule has 0 amide bonds. The van der Waals surface area contributed by atoms with Crippen LogP contribution in [-0.2, 0) is 9.53 Å². The smallest absolute Gasteiger partial charge is 0.329 e. The Morgan fingerprint density at radius 3 is 2.37 bits per heavy atom. The van der Waals surface area contributed by atoms with Crippen LogP contribution in [0.1, 0.15) is 11.6 Å². The number of hydrogen-bond donors (Lipinski definition) is 0. The second kappa shape index (κ2) is 8.56. The normalized spacial score (nSPS) is 15.0. The summed E-state index contributed by atoms with van der Waals surface area (Å²) in [7, 11) is 1.27. The number of carbonyl (C=O) groups is 1. The number of aromatic nitrogens is 2. The van der Waals surface area contributed by atoms with Gasteiger partial charge in [0.05, 0.1) is 24.2 Å². The number of nitrogens with zero attached hydrogens (tertiary/aromatic N) is 5. The van der Waals surface area contributed by atoms with E-state index in [-0.39, 0.29) is 0 Å². The van der Waals surface area contributed by atoms with Crippen molar-refractivity contribution in [3.63, 3.8) is 0 Å². The summed E-state index contributed by atoms with van der Waals surface area (Å²) in [5.41, 5.74) is 2.75. The van der Waals surface area contributed by atoms with Crippen LogP contribution < -0.4 is 9.80 Å². The molecule has 7 nitrogen and oxygen atoms in total. The van der Waals surface area contributed by atoms with Gasteiger partial charge in [-0.15, -0.1) is 0 Å². The highest BCUT2D eigenvalue weighted by Crippen LogP contribution is 2.29. The Labute approximate surface area is 179 Å². The summed E-state index contributed by atoms with van der Waals surface area (Å²) in [6, 6.07) is 17.2. The number of rotatable bonds is 4. The summed E-state index contributed by atoms with van der Waals surface area (Å²) in [4.78, 5) is 25.9. The molecule has 152 valence electrons. The largest absolute Gasteiger partial charge is 0.468 e. The lowest BCUT2D eigenvalue weighted by atomic mass is 10.1. The van der Waals surface area contributed by atoms with Crippen LogP contribution in [0.25, 0.3) is 11.0 Å². The zero-order valence-electron chi connectivity index (χ0n) is 16.5. The van der Waals surface area contributed by atoms with Gasteiger partial charge in [-0.2, -0.15) is 5.26 Å². The fourth-order valence-electron chi connectivity index (χ4n) is 3.62. The van der Waals surface area contributed by atoms with Crippen LogP contribution in [0.2, 0.25) is 5.02 Å². The molecule has 0 N–H and O–H groups in total. The predicted molar refractivity (Wildman–Crippen MR) is 116 cm³/mol. The molecule has 1 saturated heterocycles. The number of fused-ring (bicyclic) bond motifs is 1. The predicted octanol–water partition coefficient (Wildman–Crippen LogP) is 3.39. The van der Waals surface area contributed by atoms with Gasteiger partial charge in [0.2, 0.25) is 0 Å². The van der Waals surface area contributed by atoms with Gasteiger partial charge in [-0.05, 0) is 30.3 Å². The molecule has 0 bridgehead atoms. The van der Waals surface area contributed by atoms with Gasteiger partial charge in [0.15, 0.2) is 11.7 Å². The van der Waals surface area contributed by atoms with Crippen LogP contribution in [0.15, 0.2) is 48.5 Å². The van der Waals surface area contributed by atoms with E-state index in [1.54, 1.807) is 0 Å². The second-order valence-corrected chi connectivity index (χ2v) is 7.40. The number of para-hydroxylation sites is 2. The van der Waals surface area contributed by atoms with Crippen molar-refractivity contribution < 1.29 is 9.53 Å². The molecule has 0 spiro atoms. The minimum Gasteiger partial charge on any atom is -0.468 e. The van der Waals surface area contributed by atoms with Gasteiger partial charge in [-0.1, -0.05) is 29.8 Å². The first-order chi connectivity index (χ1) is 14.6. The first-order valence-corrected chi connectivity index (χ1v) is 9.98. The molecule has 1 atom stereocenters. The summed E-state index contributed by atoms with van der Waals surface area (Å²) in [6.07, 6.45) is 0. The van der Waals surface area contributed by atoms with Crippen LogP contribution in [0.5, 0.6) is 0 Å². The van der Waals surface area contributed by atoms with E-state index < -0.39 is 11.9 Å². The van der Waals surface area contributed by atoms with Gasteiger partial charge in [0.25, 0.3) is 0 Å². The molecular weight excluding hydrogens is 402 g/mol. The van der Waals surface area contributed by atoms with E-state index >= 15 is 0 Å². The Morgan fingerprint density at radius 1 is 1.07 bits per heavy atom. The third-order valence-corrected chi connectivity index (χ3v) is 5.41. The van der Waals surface area contributed by atoms with E-state index in [0.29, 0.717) is 35.1 Å². The first-order valence-electron chi connectivity index (χ1n) is 9.60. The average Bonchev–Trinajstić information content (AvgIpc) is 2.79. The second-order valence-electron chi connectivity index (χ2n) is 6.96. The van der Waals surface area contributed by atoms with Gasteiger partial charge in [-0.3, -0.25) is 4.79 Å². The molecule has 1 aliphatic rings. The number of carbonyl (C=O) groups excluding carboxylic acids is 1. The summed E-state index contributed by atoms with van der Waals surface area (Å²) >= 11 is 6.13. The molecule has 1 fully saturated rings. The van der Waals surface area contributed by atoms with Crippen molar-refractivity contribution in [2.24, 2.45) is 0 Å². The summed E-state index contributed by atoms with van der Waals surface area (Å²) in [5.74, 6) is -1.22. The van der Waals surface area contributed by atoms with Gasteiger partial charge in [0.1, 0.15) is 5.69 Å². The Kier molecular flexibility index (Phi) is 5.68. The van der Waals surface area contributed by atoms with Crippen LogP contribution in [-0.4, -0.2) is 49.2 Å². The van der Waals surface area contributed by atoms with E-state index in [4.69, 9.17) is 21.3 Å². The van der Waals surface area contributed by atoms with Crippen molar-refractivity contribution in [1.82, 2.24) is 9.97 Å². The van der Waals surface area contributed by atoms with Crippen LogP contribution in [0, 0.1) is 11.3 Å². The highest BCUT2D eigenvalue weighted by atomic mass is 35.5. The Balaban J connectivity index is 1.67. The number of anilines is 2. The molecule has 2 heterocycles. The number of piperazine rings is 1. The molecule has 2 aromatic carbocycles. The molecule has 0 radical (unpaired) electrons. The maximum atomic E-state index is 12.2. The fourth-order valence-corrected chi connectivity index (χ4v) is 3.81. The highest BCUT2D eigenvalue weighted by Gasteiger charge is 2.30. The highest BCUT2D eigenvalue weighted by molar-refractivity contribution is 6.30. The van der Waals surface area contributed by atoms with Crippen molar-refractivity contribution in [2.75, 3.05) is 43.1 Å². The minimum atomic E-state index is -1.13. The molecule has 4 rings (SSSR count). The number of hydrogen-bond acceptors (Lipinski definition) is 7. The average molecular weight is 422 g/mol. The van der Waals surface area contributed by atoms with Gasteiger partial charge in [0, 0.05) is 36.9 Å². The molecule has 0 saturated carbocycles. The molecular formula is C22H20ClN5O2. The number of ether oxygens (including phenoxy) is 1. The van der Waals surface area contributed by atoms with E-state index in [1.807, 2.05) is 54.6 Å². The van der Waals surface area contributed by atoms with E-state index in [1.165, 1.54) is 7.11 Å². The summed E-state index contributed by atoms with van der Waals surface area (Å²) in [5, 5.41) is 10.3. The van der Waals surface area contributed by atoms with Crippen molar-refractivity contribution >= 4 is 40.1 Å². The van der Waals surface area contributed by atoms with Crippen molar-refractivity contribution in [3.05, 3.63) is 59.2 Å². The van der Waals surface area contributed by atoms with Crippen LogP contribution in [0.3, 0.4) is 0 Å². The minimum absolute atomic E-state index is 0.333. The van der Waals surface area contributed by atoms with E-state index in [0.717, 1.165) is 24.3 Å². The zero-order valence-corrected chi connectivity index (χ0v) is 17.2. The lowest BCUT2D eigenvalue weighted by Gasteiger charge is -2.37. The van der Waals surface area contributed by atoms with E-state index in [2.05, 4.69) is 14.8 Å². The zero-order chi connectivity index (χ0) is 21.1. The fraction of sp³-hybridized carbons (Fsp3) is 0.273. The first kappa shape index (κ1) is 19.9. The summed E-state index contributed by atoms with van der Waals surface area (Å²) < 4.78 is 4.83. The number of nitriles is 1. The Morgan fingerprint density at radius 2 is 1.73 bits per heavy atom. The van der Waals surface area contributed by atoms with Gasteiger partial charge >= 0.3 is 5.97 Å². The third kappa shape index (κ3) is 3.87. The molecule has 30 heavy (non-hydrogen) atoms. The van der Waals surface area contributed by atoms with E-state index in [9.17, 15) is 10.1 Å². The number of benzene rings is 2. The number of methoxy groups -OCH3 is 1. The molecule has 1 aliphatic heterocycles. The van der Waals surface area contributed by atoms with Crippen molar-refractivity contribution in [2.45, 2.75) is 5.92 Å². The quantitative estimate of drug-likeness (QED) is 0.597. The standard InChI is InChI=1S/C22H20ClN5O2/c1-30-22(29)17(14-24)20-21(26-19-8-3-2-7-18(19)25-20)28-11-9-27(10-12-28)16-6-4-5-15(23)13-16/h2-8,13,17H,9-12H2,1H3/t17-/m0/s1. The Bertz CT molecular complexity index is 1120. The Hall–Kier alpha value is -3.37. The lowest BCUT2D eigenvalue weighted by molar-refractivity contribution is -0.141. The molecule has 0 unspecified atom stereocenters. The SMILES string of the molecule is COC(=O)[C@@H](C#N)c1nc2ccccc2nc1N1CCN(c2cccc(Cl)c2)CC1. The van der Waals surface area contributed by atoms with Crippen molar-refractivity contribution in [3.8, 4) is 6.07 Å². The lowest BCUT2D eigenvalue weighted by Crippen LogP contribution is -2.47. The molecule has 1 aromatic heterocycles. The maximum Gasteiger partial charge on any atom is 0.329 e. The molecule has 0 aliphatic carbocycles. The summed E-state index contributed by atoms with van der Waals surface area (Å²) in [6.45, 7) is 2.85. The topological polar surface area (TPSA) is 82.3 Å². The molecule has 8 heteroatoms. The molecule has 3 aromatic rings. The maximum absolute atomic E-state index is 12.2. The number of halogens is 1. The monoisotopic (exact) mass is 421 g/mol. The van der Waals surface area contributed by atoms with Crippen LogP contribution >= 0.6 is 11.6 Å².